The summed E-state index contributed by atoms with van der Waals surface area (Å²) in [5.74, 6) is 3.48. The van der Waals surface area contributed by atoms with Crippen LogP contribution in [0.2, 0.25) is 0 Å². The lowest BCUT2D eigenvalue weighted by molar-refractivity contribution is 0.464. The number of nitrogens with zero attached hydrogens (tertiary/aromatic N) is 2. The van der Waals surface area contributed by atoms with Crippen molar-refractivity contribution in [3.05, 3.63) is 114 Å². The van der Waals surface area contributed by atoms with Crippen molar-refractivity contribution >= 4 is 56.7 Å². The van der Waals surface area contributed by atoms with Crippen molar-refractivity contribution in [3.63, 3.8) is 0 Å². The van der Waals surface area contributed by atoms with Gasteiger partial charge in [-0.3, -0.25) is 9.98 Å². The number of hydrogen-bond donors (Lipinski definition) is 0. The van der Waals surface area contributed by atoms with Crippen LogP contribution in [0.4, 0.5) is 0 Å². The van der Waals surface area contributed by atoms with E-state index in [4.69, 9.17) is 19.5 Å². The van der Waals surface area contributed by atoms with E-state index in [1.807, 2.05) is 29.6 Å². The Morgan fingerprint density at radius 1 is 0.511 bits per heavy atom. The first kappa shape index (κ1) is 29.0. The van der Waals surface area contributed by atoms with E-state index >= 15 is 0 Å². The minimum atomic E-state index is 0.0208. The fourth-order valence-electron chi connectivity index (χ4n) is 6.92. The molecule has 0 saturated carbocycles. The van der Waals surface area contributed by atoms with Crippen LogP contribution in [0, 0.1) is 0 Å². The second-order valence-electron chi connectivity index (χ2n) is 13.9. The number of thioether (sulfide) groups is 2. The Morgan fingerprint density at radius 2 is 0.936 bits per heavy atom. The molecule has 47 heavy (non-hydrogen) atoms. The second kappa shape index (κ2) is 10.7. The topological polar surface area (TPSA) is 43.2 Å². The molecule has 5 aromatic carbocycles. The molecule has 9 rings (SSSR count). The van der Waals surface area contributed by atoms with Gasteiger partial charge in [0.05, 0.1) is 23.2 Å². The van der Waals surface area contributed by atoms with Crippen molar-refractivity contribution < 1.29 is 9.47 Å². The molecular formula is C40H33BN2O2S2. The molecule has 0 amide bonds. The van der Waals surface area contributed by atoms with Crippen LogP contribution in [-0.2, 0) is 0 Å². The minimum absolute atomic E-state index is 0.0208. The van der Waals surface area contributed by atoms with Crippen LogP contribution in [0.15, 0.2) is 113 Å². The summed E-state index contributed by atoms with van der Waals surface area (Å²) in [6, 6.07) is 36.9. The minimum Gasteiger partial charge on any atom is -0.458 e. The number of aliphatic imine (C=N–C) groups is 2. The lowest BCUT2D eigenvalue weighted by Crippen LogP contribution is -2.57. The number of benzene rings is 5. The molecule has 0 radical (unpaired) electrons. The van der Waals surface area contributed by atoms with E-state index in [9.17, 15) is 0 Å². The molecule has 4 aliphatic rings. The molecular weight excluding hydrogens is 615 g/mol. The Bertz CT molecular complexity index is 2040. The number of fused-ring (bicyclic) bond motifs is 4. The maximum atomic E-state index is 6.61. The van der Waals surface area contributed by atoms with Gasteiger partial charge in [-0.15, -0.1) is 0 Å². The molecule has 0 fully saturated rings. The van der Waals surface area contributed by atoms with Crippen molar-refractivity contribution in [2.24, 2.45) is 9.98 Å². The molecule has 0 spiro atoms. The third-order valence-corrected chi connectivity index (χ3v) is 11.7. The fraction of sp³-hybridized carbons (Fsp3) is 0.200. The van der Waals surface area contributed by atoms with E-state index < -0.39 is 0 Å². The summed E-state index contributed by atoms with van der Waals surface area (Å²) >= 11 is 3.71. The highest BCUT2D eigenvalue weighted by atomic mass is 32.2. The first-order valence-corrected chi connectivity index (χ1v) is 17.8. The summed E-state index contributed by atoms with van der Waals surface area (Å²) < 4.78 is 13.5. The largest absolute Gasteiger partial charge is 0.458 e. The average molecular weight is 649 g/mol. The third kappa shape index (κ3) is 5.11. The summed E-state index contributed by atoms with van der Waals surface area (Å²) in [6.45, 7) is 10.7. The molecule has 7 heteroatoms. The van der Waals surface area contributed by atoms with Crippen LogP contribution in [0.3, 0.4) is 0 Å². The van der Waals surface area contributed by atoms with Crippen LogP contribution >= 0.6 is 23.5 Å². The first-order valence-electron chi connectivity index (χ1n) is 16.1. The van der Waals surface area contributed by atoms with E-state index in [1.165, 1.54) is 11.1 Å². The highest BCUT2D eigenvalue weighted by molar-refractivity contribution is 8.16. The number of rotatable bonds is 4. The fourth-order valence-corrected chi connectivity index (χ4v) is 8.98. The van der Waals surface area contributed by atoms with E-state index in [1.54, 1.807) is 0 Å². The van der Waals surface area contributed by atoms with Gasteiger partial charge < -0.3 is 9.47 Å². The molecule has 0 bridgehead atoms. The third-order valence-electron chi connectivity index (χ3n) is 9.24. The van der Waals surface area contributed by atoms with E-state index in [2.05, 4.69) is 125 Å². The monoisotopic (exact) mass is 648 g/mol. The summed E-state index contributed by atoms with van der Waals surface area (Å²) in [4.78, 5) is 9.67. The summed E-state index contributed by atoms with van der Waals surface area (Å²) in [6.07, 6.45) is 0. The van der Waals surface area contributed by atoms with Crippen LogP contribution in [0.25, 0.3) is 22.3 Å². The highest BCUT2D eigenvalue weighted by Crippen LogP contribution is 2.40. The molecule has 230 valence electrons. The van der Waals surface area contributed by atoms with E-state index in [-0.39, 0.29) is 16.2 Å². The normalized spacial score (nSPS) is 17.9. The number of ether oxygens (including phenoxy) is 2. The van der Waals surface area contributed by atoms with Crippen LogP contribution in [0.5, 0.6) is 23.0 Å². The lowest BCUT2D eigenvalue weighted by Gasteiger charge is -2.33. The standard InChI is InChI=1S/C40H33BN2O2S2/c1-39(2)22-42-37(46-39)28-10-5-8-24(18-28)26-14-16-30-34(20-26)44-32-12-7-13-33-36(32)41(30)31-17-15-27(21-35(31)45-33)25-9-6-11-29(19-25)38-43-23-40(3,4)47-38/h5-21H,22-23H2,1-4H3. The molecule has 0 unspecified atom stereocenters. The Morgan fingerprint density at radius 3 is 1.38 bits per heavy atom. The van der Waals surface area contributed by atoms with Crippen molar-refractivity contribution in [2.45, 2.75) is 37.2 Å². The van der Waals surface area contributed by atoms with Crippen LogP contribution in [0.1, 0.15) is 38.8 Å². The predicted molar refractivity (Wildman–Crippen MR) is 201 cm³/mol. The van der Waals surface area contributed by atoms with Gasteiger partial charge in [0.1, 0.15) is 23.0 Å². The van der Waals surface area contributed by atoms with Gasteiger partial charge in [0.2, 0.25) is 0 Å². The molecule has 0 N–H and O–H groups in total. The smallest absolute Gasteiger partial charge is 0.260 e. The van der Waals surface area contributed by atoms with Crippen molar-refractivity contribution in [2.75, 3.05) is 13.1 Å². The Labute approximate surface area is 284 Å². The quantitative estimate of drug-likeness (QED) is 0.180. The zero-order valence-electron chi connectivity index (χ0n) is 26.8. The Hall–Kier alpha value is -4.20. The van der Waals surface area contributed by atoms with Crippen LogP contribution in [-0.4, -0.2) is 39.4 Å². The van der Waals surface area contributed by atoms with Crippen LogP contribution < -0.4 is 25.9 Å². The SMILES string of the molecule is CC1(C)CN=C(c2cccc(-c3ccc4c(c3)Oc3cccc5c3B4c3ccc(-c4cccc(C6=NCC(C)(C)S6)c4)cc3O5)c2)S1. The summed E-state index contributed by atoms with van der Waals surface area (Å²) in [5.41, 5.74) is 10.3. The van der Waals surface area contributed by atoms with E-state index in [0.717, 1.165) is 84.8 Å². The van der Waals surface area contributed by atoms with Crippen molar-refractivity contribution in [1.82, 2.24) is 0 Å². The average Bonchev–Trinajstić information content (AvgIpc) is 3.64. The molecule has 0 saturated heterocycles. The molecule has 5 aromatic rings. The molecule has 0 aliphatic carbocycles. The van der Waals surface area contributed by atoms with Crippen molar-refractivity contribution in [3.8, 4) is 45.3 Å². The predicted octanol–water partition coefficient (Wildman–Crippen LogP) is 8.29. The summed E-state index contributed by atoms with van der Waals surface area (Å²) in [5, 5.41) is 2.24. The van der Waals surface area contributed by atoms with Gasteiger partial charge in [0, 0.05) is 26.1 Å². The lowest BCUT2D eigenvalue weighted by atomic mass is 9.35. The van der Waals surface area contributed by atoms with Gasteiger partial charge >= 0.3 is 0 Å². The maximum Gasteiger partial charge on any atom is 0.260 e. The molecule has 4 heterocycles. The van der Waals surface area contributed by atoms with Crippen molar-refractivity contribution in [1.29, 1.82) is 0 Å². The Kier molecular flexibility index (Phi) is 6.57. The van der Waals surface area contributed by atoms with E-state index in [0.29, 0.717) is 0 Å². The zero-order chi connectivity index (χ0) is 31.9. The zero-order valence-corrected chi connectivity index (χ0v) is 28.5. The molecule has 4 nitrogen and oxygen atoms in total. The summed E-state index contributed by atoms with van der Waals surface area (Å²) in [7, 11) is 0. The number of hydrogen-bond acceptors (Lipinski definition) is 6. The van der Waals surface area contributed by atoms with Gasteiger partial charge in [-0.05, 0) is 97.3 Å². The van der Waals surface area contributed by atoms with Gasteiger partial charge in [0.25, 0.3) is 6.71 Å². The van der Waals surface area contributed by atoms with Gasteiger partial charge in [0.15, 0.2) is 0 Å². The Balaban J connectivity index is 1.08. The van der Waals surface area contributed by atoms with Gasteiger partial charge in [-0.25, -0.2) is 0 Å². The second-order valence-corrected chi connectivity index (χ2v) is 17.3. The van der Waals surface area contributed by atoms with Gasteiger partial charge in [-0.1, -0.05) is 90.3 Å². The van der Waals surface area contributed by atoms with Gasteiger partial charge in [-0.2, -0.15) is 0 Å². The molecule has 0 aromatic heterocycles. The highest BCUT2D eigenvalue weighted by Gasteiger charge is 2.40. The molecule has 4 aliphatic heterocycles. The molecule has 0 atom stereocenters. The maximum absolute atomic E-state index is 6.61. The first-order chi connectivity index (χ1) is 22.7.